The number of carbonyl (C=O) groups excluding carboxylic acids is 2. The Morgan fingerprint density at radius 1 is 1.35 bits per heavy atom. The highest BCUT2D eigenvalue weighted by Crippen LogP contribution is 2.52. The molecular formula is C20H28O3. The summed E-state index contributed by atoms with van der Waals surface area (Å²) in [7, 11) is 0. The molecule has 0 radical (unpaired) electrons. The Balaban J connectivity index is 2.29. The van der Waals surface area contributed by atoms with Gasteiger partial charge in [-0.05, 0) is 64.0 Å². The summed E-state index contributed by atoms with van der Waals surface area (Å²) in [5, 5.41) is 0. The van der Waals surface area contributed by atoms with Crippen molar-refractivity contribution in [1.29, 1.82) is 0 Å². The molecule has 0 amide bonds. The average molecular weight is 316 g/mol. The zero-order valence-electron chi connectivity index (χ0n) is 15.2. The molecule has 126 valence electrons. The molecule has 23 heavy (non-hydrogen) atoms. The van der Waals surface area contributed by atoms with Crippen molar-refractivity contribution < 1.29 is 14.3 Å². The second kappa shape index (κ2) is 6.46. The molecule has 0 spiro atoms. The number of allylic oxidation sites excluding steroid dienone is 5. The highest BCUT2D eigenvalue weighted by molar-refractivity contribution is 6.06. The van der Waals surface area contributed by atoms with E-state index >= 15 is 0 Å². The summed E-state index contributed by atoms with van der Waals surface area (Å²) in [6.45, 7) is 12.0. The minimum absolute atomic E-state index is 0.0915. The van der Waals surface area contributed by atoms with Gasteiger partial charge in [-0.25, -0.2) is 4.79 Å². The first-order chi connectivity index (χ1) is 10.7. The van der Waals surface area contributed by atoms with Gasteiger partial charge in [-0.1, -0.05) is 31.1 Å². The predicted octanol–water partition coefficient (Wildman–Crippen LogP) is 4.54. The summed E-state index contributed by atoms with van der Waals surface area (Å²) >= 11 is 0. The van der Waals surface area contributed by atoms with Crippen molar-refractivity contribution in [3.05, 3.63) is 34.4 Å². The van der Waals surface area contributed by atoms with Gasteiger partial charge in [-0.3, -0.25) is 4.79 Å². The van der Waals surface area contributed by atoms with Crippen LogP contribution in [0.15, 0.2) is 34.4 Å². The summed E-state index contributed by atoms with van der Waals surface area (Å²) in [6, 6.07) is 0. The Hall–Kier alpha value is -1.64. The molecule has 3 atom stereocenters. The second-order valence-electron chi connectivity index (χ2n) is 7.35. The topological polar surface area (TPSA) is 43.4 Å². The maximum Gasteiger partial charge on any atom is 0.333 e. The first-order valence-corrected chi connectivity index (χ1v) is 8.46. The van der Waals surface area contributed by atoms with Gasteiger partial charge in [0.1, 0.15) is 6.10 Å². The lowest BCUT2D eigenvalue weighted by Crippen LogP contribution is -2.45. The number of ether oxygens (including phenoxy) is 1. The highest BCUT2D eigenvalue weighted by Gasteiger charge is 2.47. The van der Waals surface area contributed by atoms with E-state index < -0.39 is 0 Å². The summed E-state index contributed by atoms with van der Waals surface area (Å²) in [4.78, 5) is 24.4. The van der Waals surface area contributed by atoms with Crippen LogP contribution in [-0.2, 0) is 14.3 Å². The van der Waals surface area contributed by atoms with Gasteiger partial charge in [0.05, 0.1) is 0 Å². The zero-order chi connectivity index (χ0) is 17.4. The summed E-state index contributed by atoms with van der Waals surface area (Å²) in [6.07, 6.45) is 5.89. The van der Waals surface area contributed by atoms with Gasteiger partial charge in [0, 0.05) is 11.5 Å². The van der Waals surface area contributed by atoms with Crippen LogP contribution < -0.4 is 0 Å². The van der Waals surface area contributed by atoms with E-state index in [9.17, 15) is 9.59 Å². The summed E-state index contributed by atoms with van der Waals surface area (Å²) < 4.78 is 5.76. The lowest BCUT2D eigenvalue weighted by Gasteiger charge is -2.48. The number of esters is 1. The largest absolute Gasteiger partial charge is 0.459 e. The minimum atomic E-state index is -0.227. The van der Waals surface area contributed by atoms with Crippen LogP contribution in [0, 0.1) is 11.3 Å². The van der Waals surface area contributed by atoms with Crippen molar-refractivity contribution >= 4 is 11.8 Å². The van der Waals surface area contributed by atoms with Crippen molar-refractivity contribution in [1.82, 2.24) is 0 Å². The fourth-order valence-electron chi connectivity index (χ4n) is 3.68. The van der Waals surface area contributed by atoms with Crippen LogP contribution in [0.3, 0.4) is 0 Å². The predicted molar refractivity (Wildman–Crippen MR) is 91.9 cm³/mol. The van der Waals surface area contributed by atoms with E-state index in [0.717, 1.165) is 30.4 Å². The van der Waals surface area contributed by atoms with Gasteiger partial charge >= 0.3 is 5.97 Å². The van der Waals surface area contributed by atoms with Crippen molar-refractivity contribution in [2.45, 2.75) is 66.9 Å². The van der Waals surface area contributed by atoms with E-state index in [-0.39, 0.29) is 29.2 Å². The van der Waals surface area contributed by atoms with Crippen molar-refractivity contribution in [2.24, 2.45) is 11.3 Å². The fraction of sp³-hybridized carbons (Fsp3) is 0.600. The Kier molecular flexibility index (Phi) is 4.98. The number of fused-ring (bicyclic) bond motifs is 1. The van der Waals surface area contributed by atoms with Gasteiger partial charge in [0.25, 0.3) is 0 Å². The molecule has 0 aromatic heterocycles. The summed E-state index contributed by atoms with van der Waals surface area (Å²) in [5.41, 5.74) is 3.76. The molecule has 2 aliphatic carbocycles. The van der Waals surface area contributed by atoms with E-state index in [2.05, 4.69) is 13.8 Å². The van der Waals surface area contributed by atoms with Crippen LogP contribution in [0.1, 0.15) is 60.8 Å². The number of hydrogen-bond donors (Lipinski definition) is 0. The van der Waals surface area contributed by atoms with Crippen LogP contribution in [0.4, 0.5) is 0 Å². The maximum absolute atomic E-state index is 12.3. The van der Waals surface area contributed by atoms with Crippen LogP contribution in [0.5, 0.6) is 0 Å². The molecule has 0 bridgehead atoms. The van der Waals surface area contributed by atoms with Crippen molar-refractivity contribution in [3.8, 4) is 0 Å². The van der Waals surface area contributed by atoms with Gasteiger partial charge in [-0.15, -0.1) is 0 Å². The van der Waals surface area contributed by atoms with Crippen LogP contribution in [-0.4, -0.2) is 17.9 Å². The Morgan fingerprint density at radius 2 is 2.00 bits per heavy atom. The fourth-order valence-corrected chi connectivity index (χ4v) is 3.68. The van der Waals surface area contributed by atoms with Crippen molar-refractivity contribution in [2.75, 3.05) is 0 Å². The number of rotatable bonds is 2. The smallest absolute Gasteiger partial charge is 0.333 e. The number of ketones is 1. The third-order valence-electron chi connectivity index (χ3n) is 5.76. The molecule has 0 N–H and O–H groups in total. The molecule has 1 saturated carbocycles. The molecule has 0 unspecified atom stereocenters. The zero-order valence-corrected chi connectivity index (χ0v) is 15.2. The normalized spacial score (nSPS) is 31.4. The molecule has 0 heterocycles. The molecule has 0 aliphatic heterocycles. The number of hydrogen-bond acceptors (Lipinski definition) is 3. The van der Waals surface area contributed by atoms with E-state index in [0.29, 0.717) is 5.57 Å². The first kappa shape index (κ1) is 17.7. The van der Waals surface area contributed by atoms with Gasteiger partial charge in [-0.2, -0.15) is 0 Å². The monoisotopic (exact) mass is 316 g/mol. The Bertz CT molecular complexity index is 617. The van der Waals surface area contributed by atoms with E-state index in [4.69, 9.17) is 4.74 Å². The first-order valence-electron chi connectivity index (χ1n) is 8.46. The lowest BCUT2D eigenvalue weighted by molar-refractivity contribution is -0.151. The van der Waals surface area contributed by atoms with E-state index in [1.165, 1.54) is 5.57 Å². The Morgan fingerprint density at radius 3 is 2.57 bits per heavy atom. The Labute approximate surface area is 139 Å². The van der Waals surface area contributed by atoms with Gasteiger partial charge in [0.15, 0.2) is 5.78 Å². The molecule has 0 aromatic rings. The van der Waals surface area contributed by atoms with Crippen LogP contribution in [0.2, 0.25) is 0 Å². The summed E-state index contributed by atoms with van der Waals surface area (Å²) in [5.74, 6) is 0.123. The molecule has 1 fully saturated rings. The van der Waals surface area contributed by atoms with Crippen LogP contribution >= 0.6 is 0 Å². The third-order valence-corrected chi connectivity index (χ3v) is 5.76. The molecule has 0 saturated heterocycles. The molecule has 0 aromatic carbocycles. The van der Waals surface area contributed by atoms with Crippen molar-refractivity contribution in [3.63, 3.8) is 0 Å². The standard InChI is InChI=1S/C20H28O3/c1-7-13(4)19(22)23-18-9-8-15-10-17(21)16(12(2)3)11-20(15,6)14(18)5/h7,10,14,18H,8-9,11H2,1-6H3/b13-7+/t14-,18+,20+/m0/s1. The average Bonchev–Trinajstić information content (AvgIpc) is 2.50. The molecular weight excluding hydrogens is 288 g/mol. The SMILES string of the molecule is C/C=C(\C)C(=O)O[C@@H]1CCC2=CC(=O)C(=C(C)C)C[C@]2(C)[C@H]1C. The lowest BCUT2D eigenvalue weighted by atomic mass is 9.58. The van der Waals surface area contributed by atoms with Gasteiger partial charge in [0.2, 0.25) is 0 Å². The van der Waals surface area contributed by atoms with Gasteiger partial charge < -0.3 is 4.74 Å². The number of carbonyl (C=O) groups is 2. The quantitative estimate of drug-likeness (QED) is 0.555. The van der Waals surface area contributed by atoms with Crippen LogP contribution in [0.25, 0.3) is 0 Å². The van der Waals surface area contributed by atoms with E-state index in [1.807, 2.05) is 26.8 Å². The molecule has 2 rings (SSSR count). The molecule has 3 nitrogen and oxygen atoms in total. The van der Waals surface area contributed by atoms with E-state index in [1.54, 1.807) is 13.0 Å². The molecule has 2 aliphatic rings. The third kappa shape index (κ3) is 3.19. The highest BCUT2D eigenvalue weighted by atomic mass is 16.5. The maximum atomic E-state index is 12.3. The second-order valence-corrected chi connectivity index (χ2v) is 7.35. The minimum Gasteiger partial charge on any atom is -0.459 e. The molecule has 3 heteroatoms.